The van der Waals surface area contributed by atoms with E-state index in [1.54, 1.807) is 0 Å². The lowest BCUT2D eigenvalue weighted by atomic mass is 10.5. The maximum Gasteiger partial charge on any atom is 0.267 e. The summed E-state index contributed by atoms with van der Waals surface area (Å²) in [6.07, 6.45) is 1.46. The van der Waals surface area contributed by atoms with E-state index in [-0.39, 0.29) is 5.56 Å². The summed E-state index contributed by atoms with van der Waals surface area (Å²) in [4.78, 5) is 10.6. The van der Waals surface area contributed by atoms with Gasteiger partial charge in [-0.1, -0.05) is 0 Å². The van der Waals surface area contributed by atoms with Gasteiger partial charge in [0.05, 0.1) is 12.8 Å². The average molecular weight is 140 g/mol. The molecule has 4 heteroatoms. The second kappa shape index (κ2) is 3.00. The summed E-state index contributed by atoms with van der Waals surface area (Å²) in [7, 11) is 0. The Balaban J connectivity index is 2.85. The molecule has 0 amide bonds. The van der Waals surface area contributed by atoms with Gasteiger partial charge in [0.2, 0.25) is 0 Å². The smallest absolute Gasteiger partial charge is 0.267 e. The van der Waals surface area contributed by atoms with E-state index in [0.717, 1.165) is 0 Å². The van der Waals surface area contributed by atoms with Gasteiger partial charge in [0.15, 0.2) is 0 Å². The van der Waals surface area contributed by atoms with Crippen molar-refractivity contribution in [3.05, 3.63) is 22.6 Å². The van der Waals surface area contributed by atoms with Crippen LogP contribution in [-0.4, -0.2) is 16.8 Å². The minimum atomic E-state index is -0.244. The van der Waals surface area contributed by atoms with Crippen LogP contribution in [0.15, 0.2) is 17.1 Å². The van der Waals surface area contributed by atoms with Crippen LogP contribution in [-0.2, 0) is 0 Å². The highest BCUT2D eigenvalue weighted by atomic mass is 16.5. The van der Waals surface area contributed by atoms with Gasteiger partial charge in [0, 0.05) is 6.07 Å². The minimum Gasteiger partial charge on any atom is -0.492 e. The molecule has 0 aliphatic heterocycles. The van der Waals surface area contributed by atoms with Crippen LogP contribution in [0.4, 0.5) is 0 Å². The van der Waals surface area contributed by atoms with Crippen LogP contribution in [0.3, 0.4) is 0 Å². The summed E-state index contributed by atoms with van der Waals surface area (Å²) in [5, 5.41) is 5.78. The highest BCUT2D eigenvalue weighted by Gasteiger charge is 1.90. The highest BCUT2D eigenvalue weighted by molar-refractivity contribution is 5.12. The molecule has 1 heterocycles. The fourth-order valence-corrected chi connectivity index (χ4v) is 0.604. The summed E-state index contributed by atoms with van der Waals surface area (Å²) >= 11 is 0. The third-order valence-corrected chi connectivity index (χ3v) is 0.951. The summed E-state index contributed by atoms with van der Waals surface area (Å²) < 4.78 is 5.00. The van der Waals surface area contributed by atoms with Crippen LogP contribution in [0.5, 0.6) is 5.75 Å². The van der Waals surface area contributed by atoms with Crippen LogP contribution in [0, 0.1) is 0 Å². The predicted molar refractivity (Wildman–Crippen MR) is 36.0 cm³/mol. The average Bonchev–Trinajstić information content (AvgIpc) is 1.88. The maximum atomic E-state index is 10.6. The summed E-state index contributed by atoms with van der Waals surface area (Å²) in [6.45, 7) is 2.40. The van der Waals surface area contributed by atoms with Crippen molar-refractivity contribution in [3.63, 3.8) is 0 Å². The first-order chi connectivity index (χ1) is 4.83. The number of nitrogens with zero attached hydrogens (tertiary/aromatic N) is 1. The van der Waals surface area contributed by atoms with Crippen LogP contribution < -0.4 is 10.3 Å². The first-order valence-corrected chi connectivity index (χ1v) is 3.00. The van der Waals surface area contributed by atoms with E-state index in [1.165, 1.54) is 12.3 Å². The van der Waals surface area contributed by atoms with Crippen LogP contribution >= 0.6 is 0 Å². The quantitative estimate of drug-likeness (QED) is 0.637. The zero-order valence-electron chi connectivity index (χ0n) is 5.63. The van der Waals surface area contributed by atoms with Gasteiger partial charge in [0.1, 0.15) is 5.75 Å². The Morgan fingerprint density at radius 2 is 2.60 bits per heavy atom. The molecule has 0 radical (unpaired) electrons. The third-order valence-electron chi connectivity index (χ3n) is 0.951. The Bertz CT molecular complexity index is 256. The van der Waals surface area contributed by atoms with Gasteiger partial charge < -0.3 is 4.74 Å². The van der Waals surface area contributed by atoms with Gasteiger partial charge in [-0.25, -0.2) is 5.10 Å². The second-order valence-electron chi connectivity index (χ2n) is 1.71. The zero-order chi connectivity index (χ0) is 7.40. The molecule has 10 heavy (non-hydrogen) atoms. The van der Waals surface area contributed by atoms with E-state index < -0.39 is 0 Å². The minimum absolute atomic E-state index is 0.244. The SMILES string of the molecule is CCOc1cn[nH]c(=O)c1. The van der Waals surface area contributed by atoms with Crippen molar-refractivity contribution in [1.82, 2.24) is 10.2 Å². The van der Waals surface area contributed by atoms with Gasteiger partial charge in [-0.3, -0.25) is 4.79 Å². The first kappa shape index (κ1) is 6.80. The molecule has 0 bridgehead atoms. The summed E-state index contributed by atoms with van der Waals surface area (Å²) in [5.41, 5.74) is -0.244. The van der Waals surface area contributed by atoms with Crippen molar-refractivity contribution < 1.29 is 4.74 Å². The fraction of sp³-hybridized carbons (Fsp3) is 0.333. The Morgan fingerprint density at radius 3 is 3.20 bits per heavy atom. The lowest BCUT2D eigenvalue weighted by Crippen LogP contribution is -2.06. The molecule has 0 spiro atoms. The van der Waals surface area contributed by atoms with Gasteiger partial charge in [-0.05, 0) is 6.92 Å². The first-order valence-electron chi connectivity index (χ1n) is 3.00. The molecule has 1 aromatic heterocycles. The normalized spacial score (nSPS) is 9.30. The molecule has 0 saturated heterocycles. The summed E-state index contributed by atoms with van der Waals surface area (Å²) in [5.74, 6) is 0.506. The highest BCUT2D eigenvalue weighted by Crippen LogP contribution is 2.00. The number of nitrogens with one attached hydrogen (secondary N) is 1. The molecule has 0 unspecified atom stereocenters. The molecule has 54 valence electrons. The molecule has 0 aromatic carbocycles. The summed E-state index contributed by atoms with van der Waals surface area (Å²) in [6, 6.07) is 1.36. The molecule has 1 rings (SSSR count). The lowest BCUT2D eigenvalue weighted by Gasteiger charge is -1.97. The van der Waals surface area contributed by atoms with E-state index in [0.29, 0.717) is 12.4 Å². The van der Waals surface area contributed by atoms with E-state index in [4.69, 9.17) is 4.74 Å². The number of ether oxygens (including phenoxy) is 1. The monoisotopic (exact) mass is 140 g/mol. The second-order valence-corrected chi connectivity index (χ2v) is 1.71. The lowest BCUT2D eigenvalue weighted by molar-refractivity contribution is 0.337. The van der Waals surface area contributed by atoms with E-state index in [9.17, 15) is 4.79 Å². The Kier molecular flexibility index (Phi) is 2.04. The molecule has 4 nitrogen and oxygen atoms in total. The molecule has 0 aliphatic carbocycles. The number of aromatic amines is 1. The van der Waals surface area contributed by atoms with Crippen molar-refractivity contribution in [2.45, 2.75) is 6.92 Å². The molecule has 0 saturated carbocycles. The molecule has 1 N–H and O–H groups in total. The molecule has 0 aliphatic rings. The standard InChI is InChI=1S/C6H8N2O2/c1-2-10-5-3-6(9)8-7-4-5/h3-4H,2H2,1H3,(H,8,9). The Morgan fingerprint density at radius 1 is 1.80 bits per heavy atom. The van der Waals surface area contributed by atoms with Gasteiger partial charge in [-0.2, -0.15) is 5.10 Å². The number of hydrogen-bond donors (Lipinski definition) is 1. The Labute approximate surface area is 57.8 Å². The van der Waals surface area contributed by atoms with Crippen molar-refractivity contribution in [2.75, 3.05) is 6.61 Å². The molecule has 1 aromatic rings. The molecular weight excluding hydrogens is 132 g/mol. The number of hydrogen-bond acceptors (Lipinski definition) is 3. The molecule has 0 atom stereocenters. The van der Waals surface area contributed by atoms with Crippen LogP contribution in [0.2, 0.25) is 0 Å². The van der Waals surface area contributed by atoms with Gasteiger partial charge >= 0.3 is 0 Å². The Hall–Kier alpha value is -1.32. The van der Waals surface area contributed by atoms with Crippen LogP contribution in [0.25, 0.3) is 0 Å². The van der Waals surface area contributed by atoms with E-state index in [2.05, 4.69) is 10.2 Å². The topological polar surface area (TPSA) is 55.0 Å². The van der Waals surface area contributed by atoms with Crippen molar-refractivity contribution in [1.29, 1.82) is 0 Å². The molecular formula is C6H8N2O2. The van der Waals surface area contributed by atoms with Crippen LogP contribution in [0.1, 0.15) is 6.92 Å². The maximum absolute atomic E-state index is 10.6. The number of H-pyrrole nitrogens is 1. The molecule has 0 fully saturated rings. The number of aromatic nitrogens is 2. The van der Waals surface area contributed by atoms with Crippen molar-refractivity contribution in [3.8, 4) is 5.75 Å². The van der Waals surface area contributed by atoms with Gasteiger partial charge in [0.25, 0.3) is 5.56 Å². The van der Waals surface area contributed by atoms with Crippen molar-refractivity contribution in [2.24, 2.45) is 0 Å². The van der Waals surface area contributed by atoms with Gasteiger partial charge in [-0.15, -0.1) is 0 Å². The predicted octanol–water partition coefficient (Wildman–Crippen LogP) is 0.169. The van der Waals surface area contributed by atoms with E-state index >= 15 is 0 Å². The third kappa shape index (κ3) is 1.58. The number of rotatable bonds is 2. The fourth-order valence-electron chi connectivity index (χ4n) is 0.604. The van der Waals surface area contributed by atoms with E-state index in [1.807, 2.05) is 6.92 Å². The largest absolute Gasteiger partial charge is 0.492 e. The zero-order valence-corrected chi connectivity index (χ0v) is 5.63. The van der Waals surface area contributed by atoms with Crippen molar-refractivity contribution >= 4 is 0 Å².